The standard InChI is InChI=1S/C17H18N2O3/c1-11(9-14-3-2-8-22-14)18-17(21)13-4-6-15-12(10-13)5-7-16(20)19-15/h2-4,6,8,10-11H,5,7,9H2,1H3,(H,18,21)(H,19,20). The van der Waals surface area contributed by atoms with Gasteiger partial charge in [0.2, 0.25) is 5.91 Å². The Balaban J connectivity index is 1.66. The Morgan fingerprint density at radius 2 is 2.23 bits per heavy atom. The van der Waals surface area contributed by atoms with E-state index in [1.165, 1.54) is 0 Å². The number of amides is 2. The van der Waals surface area contributed by atoms with E-state index in [4.69, 9.17) is 4.42 Å². The minimum atomic E-state index is -0.112. The van der Waals surface area contributed by atoms with Gasteiger partial charge in [0, 0.05) is 30.1 Å². The third kappa shape index (κ3) is 3.19. The summed E-state index contributed by atoms with van der Waals surface area (Å²) in [4.78, 5) is 23.6. The lowest BCUT2D eigenvalue weighted by Crippen LogP contribution is -2.34. The molecule has 2 amide bonds. The van der Waals surface area contributed by atoms with Gasteiger partial charge >= 0.3 is 0 Å². The Kier molecular flexibility index (Phi) is 3.96. The van der Waals surface area contributed by atoms with Gasteiger partial charge in [0.15, 0.2) is 0 Å². The smallest absolute Gasteiger partial charge is 0.251 e. The van der Waals surface area contributed by atoms with Crippen LogP contribution in [0.4, 0.5) is 5.69 Å². The van der Waals surface area contributed by atoms with Crippen LogP contribution in [-0.4, -0.2) is 17.9 Å². The normalized spacial score (nSPS) is 14.9. The minimum Gasteiger partial charge on any atom is -0.469 e. The van der Waals surface area contributed by atoms with Gasteiger partial charge in [-0.25, -0.2) is 0 Å². The van der Waals surface area contributed by atoms with Gasteiger partial charge in [-0.15, -0.1) is 0 Å². The van der Waals surface area contributed by atoms with Gasteiger partial charge < -0.3 is 15.1 Å². The van der Waals surface area contributed by atoms with E-state index in [0.717, 1.165) is 17.0 Å². The molecule has 5 nitrogen and oxygen atoms in total. The molecule has 1 aliphatic rings. The second-order valence-corrected chi connectivity index (χ2v) is 5.58. The summed E-state index contributed by atoms with van der Waals surface area (Å²) in [5, 5.41) is 5.78. The van der Waals surface area contributed by atoms with Crippen LogP contribution in [0.5, 0.6) is 0 Å². The molecule has 1 aromatic heterocycles. The zero-order valence-corrected chi connectivity index (χ0v) is 12.4. The maximum Gasteiger partial charge on any atom is 0.251 e. The molecule has 0 aliphatic carbocycles. The number of fused-ring (bicyclic) bond motifs is 1. The summed E-state index contributed by atoms with van der Waals surface area (Å²) in [5.74, 6) is 0.761. The summed E-state index contributed by atoms with van der Waals surface area (Å²) in [7, 11) is 0. The second kappa shape index (κ2) is 6.05. The zero-order valence-electron chi connectivity index (χ0n) is 12.4. The van der Waals surface area contributed by atoms with Crippen LogP contribution in [0.15, 0.2) is 41.0 Å². The molecule has 2 heterocycles. The van der Waals surface area contributed by atoms with E-state index in [2.05, 4.69) is 10.6 Å². The third-order valence-corrected chi connectivity index (χ3v) is 3.73. The summed E-state index contributed by atoms with van der Waals surface area (Å²) in [5.41, 5.74) is 2.42. The maximum absolute atomic E-state index is 12.3. The van der Waals surface area contributed by atoms with Gasteiger partial charge in [0.1, 0.15) is 5.76 Å². The van der Waals surface area contributed by atoms with E-state index in [9.17, 15) is 9.59 Å². The lowest BCUT2D eigenvalue weighted by atomic mass is 10.00. The van der Waals surface area contributed by atoms with E-state index >= 15 is 0 Å². The summed E-state index contributed by atoms with van der Waals surface area (Å²) >= 11 is 0. The predicted octanol–water partition coefficient (Wildman–Crippen LogP) is 2.53. The van der Waals surface area contributed by atoms with Crippen molar-refractivity contribution in [3.05, 3.63) is 53.5 Å². The van der Waals surface area contributed by atoms with E-state index < -0.39 is 0 Å². The third-order valence-electron chi connectivity index (χ3n) is 3.73. The number of carbonyl (C=O) groups excluding carboxylic acids is 2. The SMILES string of the molecule is CC(Cc1ccco1)NC(=O)c1ccc2c(c1)CCC(=O)N2. The van der Waals surface area contributed by atoms with E-state index in [-0.39, 0.29) is 17.9 Å². The number of anilines is 1. The minimum absolute atomic E-state index is 0.0191. The molecule has 1 atom stereocenters. The van der Waals surface area contributed by atoms with Crippen molar-refractivity contribution in [1.82, 2.24) is 5.32 Å². The molecule has 2 aromatic rings. The van der Waals surface area contributed by atoms with Gasteiger partial charge in [-0.3, -0.25) is 9.59 Å². The van der Waals surface area contributed by atoms with Gasteiger partial charge in [-0.1, -0.05) is 0 Å². The number of carbonyl (C=O) groups is 2. The fourth-order valence-electron chi connectivity index (χ4n) is 2.61. The zero-order chi connectivity index (χ0) is 15.5. The van der Waals surface area contributed by atoms with E-state index in [1.807, 2.05) is 25.1 Å². The van der Waals surface area contributed by atoms with Gasteiger partial charge in [0.05, 0.1) is 6.26 Å². The maximum atomic E-state index is 12.3. The van der Waals surface area contributed by atoms with Crippen molar-refractivity contribution < 1.29 is 14.0 Å². The largest absolute Gasteiger partial charge is 0.469 e. The summed E-state index contributed by atoms with van der Waals surface area (Å²) in [6.07, 6.45) is 3.42. The van der Waals surface area contributed by atoms with Crippen LogP contribution >= 0.6 is 0 Å². The summed E-state index contributed by atoms with van der Waals surface area (Å²) in [6, 6.07) is 9.09. The molecule has 1 aromatic carbocycles. The molecule has 0 radical (unpaired) electrons. The lowest BCUT2D eigenvalue weighted by molar-refractivity contribution is -0.116. The number of nitrogens with one attached hydrogen (secondary N) is 2. The highest BCUT2D eigenvalue weighted by Crippen LogP contribution is 2.23. The Morgan fingerprint density at radius 1 is 1.36 bits per heavy atom. The fraction of sp³-hybridized carbons (Fsp3) is 0.294. The average Bonchev–Trinajstić information content (AvgIpc) is 2.99. The number of aryl methyl sites for hydroxylation is 1. The first-order valence-corrected chi connectivity index (χ1v) is 7.38. The van der Waals surface area contributed by atoms with E-state index in [1.54, 1.807) is 18.4 Å². The first-order valence-electron chi connectivity index (χ1n) is 7.38. The van der Waals surface area contributed by atoms with Crippen LogP contribution < -0.4 is 10.6 Å². The molecule has 0 spiro atoms. The van der Waals surface area contributed by atoms with E-state index in [0.29, 0.717) is 24.8 Å². The molecular formula is C17H18N2O3. The Hall–Kier alpha value is -2.56. The van der Waals surface area contributed by atoms with Crippen LogP contribution in [0.3, 0.4) is 0 Å². The molecular weight excluding hydrogens is 280 g/mol. The molecule has 1 aliphatic heterocycles. The van der Waals surface area contributed by atoms with Crippen LogP contribution in [-0.2, 0) is 17.6 Å². The number of hydrogen-bond acceptors (Lipinski definition) is 3. The Labute approximate surface area is 128 Å². The molecule has 3 rings (SSSR count). The van der Waals surface area contributed by atoms with Crippen molar-refractivity contribution in [3.8, 4) is 0 Å². The molecule has 1 unspecified atom stereocenters. The van der Waals surface area contributed by atoms with Gasteiger partial charge in [0.25, 0.3) is 5.91 Å². The van der Waals surface area contributed by atoms with Crippen molar-refractivity contribution in [2.45, 2.75) is 32.2 Å². The Bertz CT molecular complexity index is 692. The second-order valence-electron chi connectivity index (χ2n) is 5.58. The van der Waals surface area contributed by atoms with Gasteiger partial charge in [-0.05, 0) is 49.2 Å². The van der Waals surface area contributed by atoms with Crippen molar-refractivity contribution >= 4 is 17.5 Å². The predicted molar refractivity (Wildman–Crippen MR) is 82.7 cm³/mol. The molecule has 2 N–H and O–H groups in total. The number of rotatable bonds is 4. The van der Waals surface area contributed by atoms with Crippen molar-refractivity contribution in [1.29, 1.82) is 0 Å². The topological polar surface area (TPSA) is 71.3 Å². The van der Waals surface area contributed by atoms with Crippen LogP contribution in [0.2, 0.25) is 0 Å². The lowest BCUT2D eigenvalue weighted by Gasteiger charge is -2.18. The first kappa shape index (κ1) is 14.4. The molecule has 0 saturated carbocycles. The van der Waals surface area contributed by atoms with Crippen molar-refractivity contribution in [2.24, 2.45) is 0 Å². The fourth-order valence-corrected chi connectivity index (χ4v) is 2.61. The van der Waals surface area contributed by atoms with Crippen molar-refractivity contribution in [2.75, 3.05) is 5.32 Å². The molecule has 22 heavy (non-hydrogen) atoms. The highest BCUT2D eigenvalue weighted by molar-refractivity contribution is 5.98. The Morgan fingerprint density at radius 3 is 3.00 bits per heavy atom. The highest BCUT2D eigenvalue weighted by Gasteiger charge is 2.17. The average molecular weight is 298 g/mol. The quantitative estimate of drug-likeness (QED) is 0.911. The van der Waals surface area contributed by atoms with Crippen LogP contribution in [0.1, 0.15) is 35.0 Å². The first-order chi connectivity index (χ1) is 10.6. The summed E-state index contributed by atoms with van der Waals surface area (Å²) < 4.78 is 5.28. The van der Waals surface area contributed by atoms with Gasteiger partial charge in [-0.2, -0.15) is 0 Å². The molecule has 0 saturated heterocycles. The number of hydrogen-bond donors (Lipinski definition) is 2. The van der Waals surface area contributed by atoms with Crippen LogP contribution in [0.25, 0.3) is 0 Å². The molecule has 0 fully saturated rings. The molecule has 5 heteroatoms. The highest BCUT2D eigenvalue weighted by atomic mass is 16.3. The molecule has 0 bridgehead atoms. The monoisotopic (exact) mass is 298 g/mol. The molecule has 114 valence electrons. The number of benzene rings is 1. The number of furan rings is 1. The summed E-state index contributed by atoms with van der Waals surface area (Å²) in [6.45, 7) is 1.94. The van der Waals surface area contributed by atoms with Crippen molar-refractivity contribution in [3.63, 3.8) is 0 Å². The van der Waals surface area contributed by atoms with Crippen LogP contribution in [0, 0.1) is 0 Å².